The average molecular weight is 533 g/mol. The van der Waals surface area contributed by atoms with Gasteiger partial charge in [-0.2, -0.15) is 18.2 Å². The lowest BCUT2D eigenvalue weighted by Gasteiger charge is -2.36. The molecule has 0 spiro atoms. The third kappa shape index (κ3) is 6.58. The second kappa shape index (κ2) is 10.5. The Morgan fingerprint density at radius 3 is 2.28 bits per heavy atom. The Labute approximate surface area is 206 Å². The van der Waals surface area contributed by atoms with Crippen molar-refractivity contribution >= 4 is 33.1 Å². The predicted octanol–water partition coefficient (Wildman–Crippen LogP) is 4.80. The molecule has 6 nitrogen and oxygen atoms in total. The average Bonchev–Trinajstić information content (AvgIpc) is 3.14. The maximum Gasteiger partial charge on any atom is 0.573 e. The molecule has 0 aliphatic carbocycles. The molecule has 0 saturated carbocycles. The van der Waals surface area contributed by atoms with Gasteiger partial charge in [0.15, 0.2) is 4.80 Å². The Kier molecular flexibility index (Phi) is 7.59. The van der Waals surface area contributed by atoms with Gasteiger partial charge in [0.2, 0.25) is 0 Å². The number of carbonyl (C=O) groups excluding carboxylic acids is 1. The number of nitrogens with zero attached hydrogens (tertiary/aromatic N) is 4. The molecule has 1 aliphatic rings. The highest BCUT2D eigenvalue weighted by Gasteiger charge is 2.38. The second-order valence-corrected chi connectivity index (χ2v) is 9.16. The van der Waals surface area contributed by atoms with Crippen molar-refractivity contribution in [3.63, 3.8) is 0 Å². The minimum absolute atomic E-state index is 0.224. The quantitative estimate of drug-likeness (QED) is 0.428. The summed E-state index contributed by atoms with van der Waals surface area (Å²) in [5, 5.41) is 0. The fourth-order valence-electron chi connectivity index (χ4n) is 4.02. The summed E-state index contributed by atoms with van der Waals surface area (Å²) in [6.07, 6.45) is -9.52. The summed E-state index contributed by atoms with van der Waals surface area (Å²) in [7, 11) is 0. The highest BCUT2D eigenvalue weighted by Crippen LogP contribution is 2.28. The topological polar surface area (TPSA) is 50.1 Å². The number of hydrogen-bond donors (Lipinski definition) is 0. The standard InChI is InChI=1S/C23H22F6N4O2S/c24-22(25,26)20(34)30-21-33(18-8-7-17(15-19(18)36-21)35-23(27,28)29)10-4-9-31-11-13-32(14-12-31)16-5-2-1-3-6-16/h1-3,5-8,15H,4,9-14H2. The minimum atomic E-state index is -5.16. The first-order chi connectivity index (χ1) is 17.0. The largest absolute Gasteiger partial charge is 0.573 e. The number of ether oxygens (including phenoxy) is 1. The lowest BCUT2D eigenvalue weighted by Crippen LogP contribution is -2.46. The molecule has 0 radical (unpaired) electrons. The molecule has 4 rings (SSSR count). The normalized spacial score (nSPS) is 16.1. The molecule has 1 amide bonds. The number of aromatic nitrogens is 1. The van der Waals surface area contributed by atoms with Crippen LogP contribution in [0, 0.1) is 0 Å². The van der Waals surface area contributed by atoms with Crippen LogP contribution in [0.2, 0.25) is 0 Å². The zero-order valence-electron chi connectivity index (χ0n) is 18.8. The summed E-state index contributed by atoms with van der Waals surface area (Å²) in [6.45, 7) is 4.19. The molecule has 2 aromatic carbocycles. The molecule has 0 atom stereocenters. The zero-order valence-corrected chi connectivity index (χ0v) is 19.7. The van der Waals surface area contributed by atoms with E-state index in [9.17, 15) is 31.1 Å². The molecule has 1 saturated heterocycles. The van der Waals surface area contributed by atoms with E-state index < -0.39 is 24.2 Å². The number of fused-ring (bicyclic) bond motifs is 1. The van der Waals surface area contributed by atoms with E-state index in [2.05, 4.69) is 19.5 Å². The van der Waals surface area contributed by atoms with Crippen LogP contribution in [0.15, 0.2) is 53.5 Å². The van der Waals surface area contributed by atoms with Gasteiger partial charge in [0.25, 0.3) is 0 Å². The Morgan fingerprint density at radius 2 is 1.64 bits per heavy atom. The van der Waals surface area contributed by atoms with Crippen LogP contribution in [0.25, 0.3) is 10.2 Å². The van der Waals surface area contributed by atoms with Crippen molar-refractivity contribution in [2.24, 2.45) is 4.99 Å². The lowest BCUT2D eigenvalue weighted by molar-refractivity contribution is -0.274. The lowest BCUT2D eigenvalue weighted by atomic mass is 10.2. The molecule has 1 aliphatic heterocycles. The third-order valence-corrected chi connectivity index (χ3v) is 6.72. The van der Waals surface area contributed by atoms with Gasteiger partial charge >= 0.3 is 18.4 Å². The number of piperazine rings is 1. The fraction of sp³-hybridized carbons (Fsp3) is 0.391. The van der Waals surface area contributed by atoms with Crippen LogP contribution in [-0.4, -0.2) is 60.6 Å². The van der Waals surface area contributed by atoms with Gasteiger partial charge in [0.1, 0.15) is 5.75 Å². The van der Waals surface area contributed by atoms with E-state index in [1.807, 2.05) is 30.3 Å². The molecule has 1 fully saturated rings. The van der Waals surface area contributed by atoms with Crippen LogP contribution in [-0.2, 0) is 11.3 Å². The molecule has 13 heteroatoms. The molecule has 36 heavy (non-hydrogen) atoms. The molecule has 0 unspecified atom stereocenters. The Bertz CT molecular complexity index is 1260. The summed E-state index contributed by atoms with van der Waals surface area (Å²) in [5.74, 6) is -2.78. The molecule has 0 bridgehead atoms. The van der Waals surface area contributed by atoms with Crippen LogP contribution in [0.1, 0.15) is 6.42 Å². The Hall–Kier alpha value is -3.06. The van der Waals surface area contributed by atoms with Crippen molar-refractivity contribution in [3.8, 4) is 5.75 Å². The molecular formula is C23H22F6N4O2S. The van der Waals surface area contributed by atoms with E-state index in [0.29, 0.717) is 29.8 Å². The van der Waals surface area contributed by atoms with Crippen molar-refractivity contribution < 1.29 is 35.9 Å². The molecule has 194 valence electrons. The van der Waals surface area contributed by atoms with E-state index in [-0.39, 0.29) is 16.0 Å². The van der Waals surface area contributed by atoms with Crippen molar-refractivity contribution in [1.29, 1.82) is 0 Å². The number of aryl methyl sites for hydroxylation is 1. The number of carbonyl (C=O) groups is 1. The summed E-state index contributed by atoms with van der Waals surface area (Å²) in [6, 6.07) is 13.5. The number of alkyl halides is 6. The number of para-hydroxylation sites is 1. The van der Waals surface area contributed by atoms with Gasteiger partial charge in [-0.1, -0.05) is 29.5 Å². The number of thiazole rings is 1. The van der Waals surface area contributed by atoms with E-state index in [1.54, 1.807) is 0 Å². The van der Waals surface area contributed by atoms with E-state index >= 15 is 0 Å². The van der Waals surface area contributed by atoms with Crippen molar-refractivity contribution in [3.05, 3.63) is 53.3 Å². The predicted molar refractivity (Wildman–Crippen MR) is 123 cm³/mol. The van der Waals surface area contributed by atoms with E-state index in [0.717, 1.165) is 44.0 Å². The summed E-state index contributed by atoms with van der Waals surface area (Å²) in [5.41, 5.74) is 1.52. The van der Waals surface area contributed by atoms with Crippen LogP contribution >= 0.6 is 11.3 Å². The smallest absolute Gasteiger partial charge is 0.406 e. The first-order valence-electron chi connectivity index (χ1n) is 11.1. The van der Waals surface area contributed by atoms with Crippen molar-refractivity contribution in [2.75, 3.05) is 37.6 Å². The first-order valence-corrected chi connectivity index (χ1v) is 11.9. The van der Waals surface area contributed by atoms with Gasteiger partial charge < -0.3 is 14.2 Å². The van der Waals surface area contributed by atoms with Gasteiger partial charge in [0.05, 0.1) is 10.2 Å². The van der Waals surface area contributed by atoms with E-state index in [1.165, 1.54) is 10.6 Å². The summed E-state index contributed by atoms with van der Waals surface area (Å²) >= 11 is 0.700. The van der Waals surface area contributed by atoms with Crippen LogP contribution in [0.5, 0.6) is 5.75 Å². The molecule has 0 N–H and O–H groups in total. The number of amides is 1. The Morgan fingerprint density at radius 1 is 0.944 bits per heavy atom. The second-order valence-electron chi connectivity index (χ2n) is 8.15. The molecule has 3 aromatic rings. The van der Waals surface area contributed by atoms with Gasteiger partial charge in [-0.15, -0.1) is 13.2 Å². The van der Waals surface area contributed by atoms with Crippen LogP contribution in [0.3, 0.4) is 0 Å². The van der Waals surface area contributed by atoms with Crippen LogP contribution in [0.4, 0.5) is 32.0 Å². The van der Waals surface area contributed by atoms with Gasteiger partial charge in [-0.25, -0.2) is 0 Å². The first kappa shape index (κ1) is 26.0. The monoisotopic (exact) mass is 532 g/mol. The SMILES string of the molecule is O=C(N=c1sc2cc(OC(F)(F)F)ccc2n1CCCN1CCN(c2ccccc2)CC1)C(F)(F)F. The maximum atomic E-state index is 12.8. The number of hydrogen-bond acceptors (Lipinski definition) is 5. The number of halogens is 6. The van der Waals surface area contributed by atoms with E-state index in [4.69, 9.17) is 0 Å². The molecule has 1 aromatic heterocycles. The summed E-state index contributed by atoms with van der Waals surface area (Å²) in [4.78, 5) is 19.0. The molecular weight excluding hydrogens is 510 g/mol. The fourth-order valence-corrected chi connectivity index (χ4v) is 5.11. The van der Waals surface area contributed by atoms with Crippen molar-refractivity contribution in [1.82, 2.24) is 9.47 Å². The zero-order chi connectivity index (χ0) is 25.9. The highest BCUT2D eigenvalue weighted by atomic mass is 32.1. The number of rotatable bonds is 6. The van der Waals surface area contributed by atoms with Crippen LogP contribution < -0.4 is 14.4 Å². The van der Waals surface area contributed by atoms with Gasteiger partial charge in [0, 0.05) is 38.4 Å². The van der Waals surface area contributed by atoms with Crippen molar-refractivity contribution in [2.45, 2.75) is 25.5 Å². The number of anilines is 1. The molecule has 2 heterocycles. The third-order valence-electron chi connectivity index (χ3n) is 5.68. The summed E-state index contributed by atoms with van der Waals surface area (Å²) < 4.78 is 81.7. The van der Waals surface area contributed by atoms with Gasteiger partial charge in [-0.05, 0) is 43.3 Å². The number of benzene rings is 2. The maximum absolute atomic E-state index is 12.8. The Balaban J connectivity index is 1.48. The minimum Gasteiger partial charge on any atom is -0.406 e. The highest BCUT2D eigenvalue weighted by molar-refractivity contribution is 7.16. The van der Waals surface area contributed by atoms with Gasteiger partial charge in [-0.3, -0.25) is 9.69 Å².